The molecular formula is C14H22N2O. The van der Waals surface area contributed by atoms with Crippen LogP contribution in [-0.2, 0) is 4.79 Å². The zero-order valence-corrected chi connectivity index (χ0v) is 10.9. The van der Waals surface area contributed by atoms with Crippen molar-refractivity contribution in [3.8, 4) is 0 Å². The molecule has 1 aromatic carbocycles. The van der Waals surface area contributed by atoms with E-state index in [0.717, 1.165) is 24.1 Å². The Kier molecular flexibility index (Phi) is 5.16. The Hall–Kier alpha value is -1.35. The van der Waals surface area contributed by atoms with Crippen LogP contribution >= 0.6 is 0 Å². The van der Waals surface area contributed by atoms with E-state index in [2.05, 4.69) is 19.2 Å². The second kappa shape index (κ2) is 6.40. The number of hydrogen-bond donors (Lipinski definition) is 2. The minimum absolute atomic E-state index is 0.0973. The van der Waals surface area contributed by atoms with Crippen LogP contribution in [-0.4, -0.2) is 11.9 Å². The quantitative estimate of drug-likeness (QED) is 0.823. The van der Waals surface area contributed by atoms with Crippen molar-refractivity contribution in [2.24, 2.45) is 5.73 Å². The number of rotatable bonds is 5. The van der Waals surface area contributed by atoms with E-state index in [1.165, 1.54) is 0 Å². The highest BCUT2D eigenvalue weighted by atomic mass is 16.2. The van der Waals surface area contributed by atoms with Crippen molar-refractivity contribution in [2.75, 3.05) is 5.32 Å². The van der Waals surface area contributed by atoms with E-state index in [-0.39, 0.29) is 5.91 Å². The van der Waals surface area contributed by atoms with Gasteiger partial charge in [0.25, 0.3) is 0 Å². The highest BCUT2D eigenvalue weighted by Gasteiger charge is 2.14. The summed E-state index contributed by atoms with van der Waals surface area (Å²) in [7, 11) is 0. The molecule has 0 aliphatic rings. The van der Waals surface area contributed by atoms with Gasteiger partial charge in [0.1, 0.15) is 0 Å². The summed E-state index contributed by atoms with van der Waals surface area (Å²) >= 11 is 0. The van der Waals surface area contributed by atoms with Crippen LogP contribution in [0.5, 0.6) is 0 Å². The SMILES string of the molecule is CCC[C@@H](N)C(=O)Nc1ccccc1C(C)C. The molecule has 0 saturated carbocycles. The summed E-state index contributed by atoms with van der Waals surface area (Å²) in [5.74, 6) is 0.286. The summed E-state index contributed by atoms with van der Waals surface area (Å²) < 4.78 is 0. The Balaban J connectivity index is 2.77. The Morgan fingerprint density at radius 1 is 1.35 bits per heavy atom. The van der Waals surface area contributed by atoms with Crippen molar-refractivity contribution >= 4 is 11.6 Å². The Morgan fingerprint density at radius 2 is 2.00 bits per heavy atom. The number of amides is 1. The van der Waals surface area contributed by atoms with E-state index in [0.29, 0.717) is 5.92 Å². The molecule has 0 aromatic heterocycles. The zero-order chi connectivity index (χ0) is 12.8. The van der Waals surface area contributed by atoms with Gasteiger partial charge in [-0.1, -0.05) is 45.4 Å². The summed E-state index contributed by atoms with van der Waals surface area (Å²) in [5.41, 5.74) is 7.81. The number of nitrogens with two attached hydrogens (primary N) is 1. The summed E-state index contributed by atoms with van der Waals surface area (Å²) in [6, 6.07) is 7.45. The Morgan fingerprint density at radius 3 is 2.59 bits per heavy atom. The van der Waals surface area contributed by atoms with Gasteiger partial charge < -0.3 is 11.1 Å². The second-order valence-corrected chi connectivity index (χ2v) is 4.63. The number of anilines is 1. The van der Waals surface area contributed by atoms with Crippen LogP contribution in [0.15, 0.2) is 24.3 Å². The van der Waals surface area contributed by atoms with E-state index in [9.17, 15) is 4.79 Å². The van der Waals surface area contributed by atoms with Crippen molar-refractivity contribution in [1.29, 1.82) is 0 Å². The predicted octanol–water partition coefficient (Wildman–Crippen LogP) is 2.88. The van der Waals surface area contributed by atoms with Gasteiger partial charge in [-0.3, -0.25) is 4.79 Å². The van der Waals surface area contributed by atoms with Crippen molar-refractivity contribution in [3.05, 3.63) is 29.8 Å². The highest BCUT2D eigenvalue weighted by molar-refractivity contribution is 5.95. The molecule has 0 aliphatic heterocycles. The third-order valence-corrected chi connectivity index (χ3v) is 2.78. The van der Waals surface area contributed by atoms with Gasteiger partial charge in [-0.15, -0.1) is 0 Å². The van der Waals surface area contributed by atoms with Gasteiger partial charge in [-0.05, 0) is 24.0 Å². The third-order valence-electron chi connectivity index (χ3n) is 2.78. The van der Waals surface area contributed by atoms with Crippen LogP contribution in [0.25, 0.3) is 0 Å². The van der Waals surface area contributed by atoms with Gasteiger partial charge in [-0.2, -0.15) is 0 Å². The highest BCUT2D eigenvalue weighted by Crippen LogP contribution is 2.23. The van der Waals surface area contributed by atoms with Gasteiger partial charge in [0.2, 0.25) is 5.91 Å². The number of benzene rings is 1. The maximum absolute atomic E-state index is 11.8. The second-order valence-electron chi connectivity index (χ2n) is 4.63. The van der Waals surface area contributed by atoms with Gasteiger partial charge in [0.15, 0.2) is 0 Å². The third kappa shape index (κ3) is 3.86. The average Bonchev–Trinajstić information content (AvgIpc) is 2.29. The standard InChI is InChI=1S/C14H22N2O/c1-4-7-12(15)14(17)16-13-9-6-5-8-11(13)10(2)3/h5-6,8-10,12H,4,7,15H2,1-3H3,(H,16,17)/t12-/m1/s1. The van der Waals surface area contributed by atoms with E-state index >= 15 is 0 Å². The maximum atomic E-state index is 11.8. The zero-order valence-electron chi connectivity index (χ0n) is 10.9. The van der Waals surface area contributed by atoms with Crippen molar-refractivity contribution < 1.29 is 4.79 Å². The van der Waals surface area contributed by atoms with E-state index in [4.69, 9.17) is 5.73 Å². The molecule has 0 unspecified atom stereocenters. The van der Waals surface area contributed by atoms with Gasteiger partial charge in [-0.25, -0.2) is 0 Å². The minimum Gasteiger partial charge on any atom is -0.324 e. The summed E-state index contributed by atoms with van der Waals surface area (Å²) in [6.45, 7) is 6.24. The monoisotopic (exact) mass is 234 g/mol. The summed E-state index contributed by atoms with van der Waals surface area (Å²) in [4.78, 5) is 11.8. The van der Waals surface area contributed by atoms with Crippen LogP contribution in [0.2, 0.25) is 0 Å². The largest absolute Gasteiger partial charge is 0.324 e. The van der Waals surface area contributed by atoms with E-state index < -0.39 is 6.04 Å². The first-order chi connectivity index (χ1) is 8.06. The number of carbonyl (C=O) groups is 1. The maximum Gasteiger partial charge on any atom is 0.241 e. The fourth-order valence-corrected chi connectivity index (χ4v) is 1.78. The van der Waals surface area contributed by atoms with Gasteiger partial charge in [0, 0.05) is 5.69 Å². The van der Waals surface area contributed by atoms with Crippen LogP contribution in [0, 0.1) is 0 Å². The first kappa shape index (κ1) is 13.7. The molecule has 0 fully saturated rings. The Bertz CT molecular complexity index is 374. The molecule has 0 spiro atoms. The lowest BCUT2D eigenvalue weighted by atomic mass is 10.0. The predicted molar refractivity (Wildman–Crippen MR) is 72.0 cm³/mol. The first-order valence-electron chi connectivity index (χ1n) is 6.21. The molecule has 0 radical (unpaired) electrons. The van der Waals surface area contributed by atoms with Gasteiger partial charge in [0.05, 0.1) is 6.04 Å². The molecule has 0 saturated heterocycles. The molecule has 94 valence electrons. The molecule has 1 rings (SSSR count). The topological polar surface area (TPSA) is 55.1 Å². The molecule has 0 bridgehead atoms. The molecule has 3 nitrogen and oxygen atoms in total. The molecule has 3 N–H and O–H groups in total. The van der Waals surface area contributed by atoms with Crippen LogP contribution in [0.4, 0.5) is 5.69 Å². The molecule has 1 atom stereocenters. The molecule has 0 aliphatic carbocycles. The lowest BCUT2D eigenvalue weighted by Crippen LogP contribution is -2.35. The van der Waals surface area contributed by atoms with Crippen LogP contribution in [0.1, 0.15) is 45.1 Å². The summed E-state index contributed by atoms with van der Waals surface area (Å²) in [6.07, 6.45) is 1.64. The Labute approximate surface area is 103 Å². The normalized spacial score (nSPS) is 12.5. The molecule has 3 heteroatoms. The van der Waals surface area contributed by atoms with Crippen molar-refractivity contribution in [2.45, 2.75) is 45.6 Å². The van der Waals surface area contributed by atoms with Crippen LogP contribution in [0.3, 0.4) is 0 Å². The molecule has 0 heterocycles. The molecule has 1 aromatic rings. The fourth-order valence-electron chi connectivity index (χ4n) is 1.78. The van der Waals surface area contributed by atoms with E-state index in [1.807, 2.05) is 31.2 Å². The van der Waals surface area contributed by atoms with Gasteiger partial charge >= 0.3 is 0 Å². The summed E-state index contributed by atoms with van der Waals surface area (Å²) in [5, 5.41) is 2.91. The lowest BCUT2D eigenvalue weighted by molar-refractivity contribution is -0.117. The smallest absolute Gasteiger partial charge is 0.241 e. The number of hydrogen-bond acceptors (Lipinski definition) is 2. The number of nitrogens with one attached hydrogen (secondary N) is 1. The van der Waals surface area contributed by atoms with Crippen molar-refractivity contribution in [3.63, 3.8) is 0 Å². The lowest BCUT2D eigenvalue weighted by Gasteiger charge is -2.16. The fraction of sp³-hybridized carbons (Fsp3) is 0.500. The molecule has 1 amide bonds. The van der Waals surface area contributed by atoms with Crippen LogP contribution < -0.4 is 11.1 Å². The minimum atomic E-state index is -0.416. The van der Waals surface area contributed by atoms with E-state index in [1.54, 1.807) is 0 Å². The molecular weight excluding hydrogens is 212 g/mol. The molecule has 17 heavy (non-hydrogen) atoms. The number of para-hydroxylation sites is 1. The first-order valence-corrected chi connectivity index (χ1v) is 6.21. The number of carbonyl (C=O) groups excluding carboxylic acids is 1. The average molecular weight is 234 g/mol. The van der Waals surface area contributed by atoms with Crippen molar-refractivity contribution in [1.82, 2.24) is 0 Å².